The van der Waals surface area contributed by atoms with Gasteiger partial charge in [-0.3, -0.25) is 14.4 Å². The number of fused-ring (bicyclic) bond motifs is 4. The minimum absolute atomic E-state index is 0.0362. The average molecular weight is 1030 g/mol. The number of aliphatic hydroxyl groups excluding tert-OH is 2. The molecule has 4 aliphatic rings. The minimum atomic E-state index is -2.60. The predicted molar refractivity (Wildman–Crippen MR) is 280 cm³/mol. The largest absolute Gasteiger partial charge is 0.488 e. The first-order valence-electron chi connectivity index (χ1n) is 26.6. The summed E-state index contributed by atoms with van der Waals surface area (Å²) in [6, 6.07) is 17.4. The van der Waals surface area contributed by atoms with Gasteiger partial charge in [-0.15, -0.1) is 6.58 Å². The van der Waals surface area contributed by atoms with Gasteiger partial charge >= 0.3 is 5.97 Å². The number of carbonyl (C=O) groups excluding carboxylic acids is 4. The van der Waals surface area contributed by atoms with Gasteiger partial charge in [-0.1, -0.05) is 69.3 Å². The number of amides is 1. The summed E-state index contributed by atoms with van der Waals surface area (Å²) in [6.07, 6.45) is 4.64. The van der Waals surface area contributed by atoms with E-state index in [1.165, 1.54) is 24.7 Å². The van der Waals surface area contributed by atoms with Crippen LogP contribution in [0.2, 0.25) is 0 Å². The molecule has 7 rings (SSSR count). The molecule has 15 heteroatoms. The Hall–Kier alpha value is -5.00. The number of piperidine rings is 1. The zero-order valence-corrected chi connectivity index (χ0v) is 44.6. The Labute approximate surface area is 436 Å². The fourth-order valence-electron chi connectivity index (χ4n) is 11.8. The number of cyclic esters (lactones) is 1. The number of rotatable bonds is 11. The molecule has 74 heavy (non-hydrogen) atoms. The number of aliphatic hydroxyl groups is 3. The van der Waals surface area contributed by atoms with Gasteiger partial charge in [0.1, 0.15) is 35.9 Å². The molecule has 0 spiro atoms. The fraction of sp³-hybridized carbons (Fsp3) is 0.593. The summed E-state index contributed by atoms with van der Waals surface area (Å²) in [5.74, 6) is -8.15. The molecule has 3 fully saturated rings. The maximum atomic E-state index is 14.7. The molecule has 4 heterocycles. The van der Waals surface area contributed by atoms with Crippen LogP contribution in [-0.4, -0.2) is 137 Å². The first-order chi connectivity index (χ1) is 35.4. The van der Waals surface area contributed by atoms with Crippen molar-refractivity contribution >= 4 is 34.3 Å². The van der Waals surface area contributed by atoms with E-state index in [-0.39, 0.29) is 62.6 Å². The minimum Gasteiger partial charge on any atom is -0.488 e. The van der Waals surface area contributed by atoms with Crippen molar-refractivity contribution in [3.63, 3.8) is 0 Å². The number of carbonyl (C=O) groups is 4. The third kappa shape index (κ3) is 12.8. The van der Waals surface area contributed by atoms with Gasteiger partial charge in [-0.25, -0.2) is 4.79 Å². The number of methoxy groups -OCH3 is 3. The first kappa shape index (κ1) is 56.7. The summed E-state index contributed by atoms with van der Waals surface area (Å²) < 4.78 is 39.3. The van der Waals surface area contributed by atoms with Crippen LogP contribution < -0.4 is 4.74 Å². The molecule has 3 aliphatic heterocycles. The van der Waals surface area contributed by atoms with Crippen LogP contribution in [0.1, 0.15) is 104 Å². The van der Waals surface area contributed by atoms with Gasteiger partial charge in [0.25, 0.3) is 11.7 Å². The number of aromatic nitrogens is 1. The van der Waals surface area contributed by atoms with Crippen LogP contribution in [0.5, 0.6) is 5.75 Å². The monoisotopic (exact) mass is 1020 g/mol. The van der Waals surface area contributed by atoms with E-state index in [2.05, 4.69) is 47.7 Å². The van der Waals surface area contributed by atoms with Gasteiger partial charge in [-0.2, -0.15) is 0 Å². The Bertz CT molecular complexity index is 2490. The van der Waals surface area contributed by atoms with E-state index in [0.29, 0.717) is 36.8 Å². The standard InChI is InChI=1S/C59H80N2O13/c1-10-16-43-28-35(2)53(64)36(3)29-51(70-8)55-52(71-9)30-38(5)59(68,74-55)56(65)57(66)61-25-15-14-19-46(61)58(67)73-54(39(6)47(62)33-48(43)63)37(4)27-41-20-23-49(50(31-41)69-7)72-44-21-22-45-42(32-44)24-26-60(45)34-40-17-12-11-13-18-40/h10-13,17-18,21-22,24,26-28,32,36,38-39,41,43,46-47,49-55,62,64,68H,1,14-16,19-20,23,25,29-31,33-34H2,2-9H3. The smallest absolute Gasteiger partial charge is 0.329 e. The molecular weight excluding hydrogens is 945 g/mol. The van der Waals surface area contributed by atoms with E-state index in [9.17, 15) is 34.5 Å². The van der Waals surface area contributed by atoms with Crippen LogP contribution in [0.3, 0.4) is 0 Å². The van der Waals surface area contributed by atoms with Crippen molar-refractivity contribution in [2.24, 2.45) is 29.6 Å². The number of hydrogen-bond donors (Lipinski definition) is 3. The van der Waals surface area contributed by atoms with Gasteiger partial charge in [0, 0.05) is 75.7 Å². The van der Waals surface area contributed by atoms with Gasteiger partial charge in [0.15, 0.2) is 0 Å². The number of ketones is 2. The highest BCUT2D eigenvalue weighted by atomic mass is 16.7. The highest BCUT2D eigenvalue weighted by Gasteiger charge is 2.57. The molecule has 1 amide bonds. The molecule has 15 unspecified atom stereocenters. The van der Waals surface area contributed by atoms with Crippen molar-refractivity contribution in [2.75, 3.05) is 27.9 Å². The van der Waals surface area contributed by atoms with Gasteiger partial charge < -0.3 is 53.2 Å². The predicted octanol–water partition coefficient (Wildman–Crippen LogP) is 7.70. The third-order valence-corrected chi connectivity index (χ3v) is 16.4. The van der Waals surface area contributed by atoms with E-state index in [1.807, 2.05) is 44.2 Å². The first-order valence-corrected chi connectivity index (χ1v) is 26.6. The molecule has 2 aromatic carbocycles. The Balaban J connectivity index is 1.16. The van der Waals surface area contributed by atoms with E-state index < -0.39 is 89.8 Å². The Morgan fingerprint density at radius 3 is 2.30 bits per heavy atom. The van der Waals surface area contributed by atoms with Crippen molar-refractivity contribution in [3.8, 4) is 5.75 Å². The van der Waals surface area contributed by atoms with Crippen molar-refractivity contribution in [1.29, 1.82) is 0 Å². The summed E-state index contributed by atoms with van der Waals surface area (Å²) in [6.45, 7) is 13.4. The molecular formula is C59H80N2O13. The van der Waals surface area contributed by atoms with E-state index >= 15 is 0 Å². The second kappa shape index (κ2) is 25.2. The Kier molecular flexibility index (Phi) is 19.3. The number of allylic oxidation sites excluding steroid dienone is 3. The van der Waals surface area contributed by atoms with Gasteiger partial charge in [0.2, 0.25) is 5.79 Å². The lowest BCUT2D eigenvalue weighted by Crippen LogP contribution is -2.64. The molecule has 15 atom stereocenters. The normalized spacial score (nSPS) is 34.6. The molecule has 2 bridgehead atoms. The molecule has 1 aliphatic carbocycles. The number of benzene rings is 2. The van der Waals surface area contributed by atoms with E-state index in [4.69, 9.17) is 28.4 Å². The quantitative estimate of drug-likeness (QED) is 0.0963. The fourth-order valence-corrected chi connectivity index (χ4v) is 11.8. The van der Waals surface area contributed by atoms with Crippen LogP contribution in [-0.2, 0) is 49.4 Å². The van der Waals surface area contributed by atoms with Crippen molar-refractivity contribution in [2.45, 2.75) is 166 Å². The lowest BCUT2D eigenvalue weighted by molar-refractivity contribution is -0.302. The SMILES string of the molecule is C=CCC1C=C(C)C(O)C(C)CC(OC)C2OC(O)(C(=O)C(=O)N3CCCCC3C(=O)OC(C(C)=CC3CCC(Oc4ccc5c(ccn5Cc5ccccc5)c4)C(OC)C3)C(C)C(O)CC1=O)C(C)CC2OC. The lowest BCUT2D eigenvalue weighted by Gasteiger charge is -2.47. The van der Waals surface area contributed by atoms with Crippen molar-refractivity contribution < 1.29 is 62.9 Å². The van der Waals surface area contributed by atoms with Crippen LogP contribution in [0.15, 0.2) is 96.7 Å². The second-order valence-corrected chi connectivity index (χ2v) is 21.5. The molecule has 3 aromatic rings. The van der Waals surface area contributed by atoms with E-state index in [1.54, 1.807) is 40.0 Å². The maximum Gasteiger partial charge on any atom is 0.329 e. The van der Waals surface area contributed by atoms with Crippen molar-refractivity contribution in [1.82, 2.24) is 9.47 Å². The number of esters is 1. The molecule has 404 valence electrons. The van der Waals surface area contributed by atoms with Crippen molar-refractivity contribution in [3.05, 3.63) is 102 Å². The average Bonchev–Trinajstić information content (AvgIpc) is 3.80. The summed E-state index contributed by atoms with van der Waals surface area (Å²) >= 11 is 0. The second-order valence-electron chi connectivity index (χ2n) is 21.5. The maximum absolute atomic E-state index is 14.7. The number of nitrogens with zero attached hydrogens (tertiary/aromatic N) is 2. The van der Waals surface area contributed by atoms with Crippen LogP contribution in [0.25, 0.3) is 10.9 Å². The topological polar surface area (TPSA) is 193 Å². The van der Waals surface area contributed by atoms with Crippen LogP contribution in [0, 0.1) is 29.6 Å². The Morgan fingerprint density at radius 2 is 1.59 bits per heavy atom. The summed E-state index contributed by atoms with van der Waals surface area (Å²) in [4.78, 5) is 59.0. The third-order valence-electron chi connectivity index (χ3n) is 16.4. The summed E-state index contributed by atoms with van der Waals surface area (Å²) in [5.41, 5.74) is 3.49. The Morgan fingerprint density at radius 1 is 0.878 bits per heavy atom. The zero-order valence-electron chi connectivity index (χ0n) is 44.6. The number of ether oxygens (including phenoxy) is 6. The highest BCUT2D eigenvalue weighted by Crippen LogP contribution is 2.40. The molecule has 1 saturated carbocycles. The molecule has 2 saturated heterocycles. The molecule has 0 radical (unpaired) electrons. The highest BCUT2D eigenvalue weighted by molar-refractivity contribution is 6.39. The van der Waals surface area contributed by atoms with Crippen LogP contribution >= 0.6 is 0 Å². The lowest BCUT2D eigenvalue weighted by atomic mass is 9.81. The van der Waals surface area contributed by atoms with Crippen LogP contribution in [0.4, 0.5) is 0 Å². The summed E-state index contributed by atoms with van der Waals surface area (Å²) in [7, 11) is 4.62. The summed E-state index contributed by atoms with van der Waals surface area (Å²) in [5, 5.41) is 36.9. The number of hydrogen-bond acceptors (Lipinski definition) is 13. The molecule has 3 N–H and O–H groups in total. The molecule has 1 aromatic heterocycles. The van der Waals surface area contributed by atoms with Gasteiger partial charge in [-0.05, 0) is 124 Å². The zero-order chi connectivity index (χ0) is 53.4. The van der Waals surface area contributed by atoms with Gasteiger partial charge in [0.05, 0.1) is 30.5 Å². The van der Waals surface area contributed by atoms with E-state index in [0.717, 1.165) is 29.6 Å². The number of Topliss-reactive ketones (excluding diaryl/α,β-unsaturated/α-hetero) is 2. The molecule has 15 nitrogen and oxygen atoms in total.